The maximum atomic E-state index is 12.3. The summed E-state index contributed by atoms with van der Waals surface area (Å²) in [6.45, 7) is 2.70. The highest BCUT2D eigenvalue weighted by Crippen LogP contribution is 2.36. The van der Waals surface area contributed by atoms with Gasteiger partial charge in [0.25, 0.3) is 0 Å². The molecule has 5 nitrogen and oxygen atoms in total. The molecule has 0 N–H and O–H groups in total. The fraction of sp³-hybridized carbons (Fsp3) is 0.571. The molecule has 144 valence electrons. The Balaban J connectivity index is 1.95. The topological polar surface area (TPSA) is 57.9 Å². The predicted molar refractivity (Wildman–Crippen MR) is 104 cm³/mol. The molecule has 1 heterocycles. The Morgan fingerprint density at radius 3 is 2.23 bits per heavy atom. The quantitative estimate of drug-likeness (QED) is 0.377. The summed E-state index contributed by atoms with van der Waals surface area (Å²) in [7, 11) is 3.06. The van der Waals surface area contributed by atoms with Gasteiger partial charge in [-0.15, -0.1) is 0 Å². The zero-order chi connectivity index (χ0) is 18.8. The van der Waals surface area contributed by atoms with Crippen LogP contribution in [0, 0.1) is 0 Å². The Morgan fingerprint density at radius 2 is 1.58 bits per heavy atom. The van der Waals surface area contributed by atoms with E-state index in [4.69, 9.17) is 18.6 Å². The smallest absolute Gasteiger partial charge is 0.383 e. The monoisotopic (exact) mass is 362 g/mol. The molecule has 0 saturated heterocycles. The van der Waals surface area contributed by atoms with E-state index in [-0.39, 0.29) is 5.75 Å². The summed E-state index contributed by atoms with van der Waals surface area (Å²) >= 11 is 0. The second-order valence-electron chi connectivity index (χ2n) is 6.41. The number of hydrogen-bond donors (Lipinski definition) is 0. The third-order valence-electron chi connectivity index (χ3n) is 4.48. The summed E-state index contributed by atoms with van der Waals surface area (Å²) in [6.07, 6.45) is 9.70. The average Bonchev–Trinajstić information content (AvgIpc) is 2.66. The number of benzene rings is 1. The van der Waals surface area contributed by atoms with Crippen molar-refractivity contribution in [2.24, 2.45) is 0 Å². The molecule has 0 aliphatic rings. The molecule has 2 aromatic rings. The second-order valence-corrected chi connectivity index (χ2v) is 6.41. The molecular weight excluding hydrogens is 332 g/mol. The summed E-state index contributed by atoms with van der Waals surface area (Å²) in [5.74, 6) is 1.03. The van der Waals surface area contributed by atoms with Gasteiger partial charge in [-0.3, -0.25) is 0 Å². The zero-order valence-electron chi connectivity index (χ0n) is 16.1. The molecule has 0 atom stereocenters. The van der Waals surface area contributed by atoms with Crippen LogP contribution in [-0.2, 0) is 0 Å². The van der Waals surface area contributed by atoms with Gasteiger partial charge in [0.05, 0.1) is 26.2 Å². The van der Waals surface area contributed by atoms with Crippen molar-refractivity contribution >= 4 is 11.0 Å². The lowest BCUT2D eigenvalue weighted by Gasteiger charge is -2.12. The number of hydrogen-bond acceptors (Lipinski definition) is 5. The van der Waals surface area contributed by atoms with Crippen molar-refractivity contribution in [1.29, 1.82) is 0 Å². The van der Waals surface area contributed by atoms with E-state index in [1.807, 2.05) is 12.1 Å². The molecule has 0 spiro atoms. The fourth-order valence-corrected chi connectivity index (χ4v) is 3.05. The van der Waals surface area contributed by atoms with Crippen LogP contribution in [0.1, 0.15) is 58.3 Å². The summed E-state index contributed by atoms with van der Waals surface area (Å²) in [6, 6.07) is 5.39. The van der Waals surface area contributed by atoms with E-state index >= 15 is 0 Å². The minimum Gasteiger partial charge on any atom is -0.493 e. The first kappa shape index (κ1) is 20.1. The number of ether oxygens (including phenoxy) is 3. The first-order valence-electron chi connectivity index (χ1n) is 9.53. The van der Waals surface area contributed by atoms with Crippen molar-refractivity contribution < 1.29 is 18.6 Å². The van der Waals surface area contributed by atoms with Crippen LogP contribution in [0.5, 0.6) is 17.2 Å². The molecule has 0 bridgehead atoms. The normalized spacial score (nSPS) is 10.9. The van der Waals surface area contributed by atoms with Crippen molar-refractivity contribution in [2.75, 3.05) is 20.8 Å². The predicted octanol–water partition coefficient (Wildman–Crippen LogP) is 5.33. The van der Waals surface area contributed by atoms with Gasteiger partial charge in [0, 0.05) is 0 Å². The SMILES string of the molecule is CCCCCCCCCCOc1c(OC)c2cccc(OC)c2oc1=O. The highest BCUT2D eigenvalue weighted by molar-refractivity contribution is 5.89. The third kappa shape index (κ3) is 5.16. The molecule has 0 aliphatic carbocycles. The Kier molecular flexibility index (Phi) is 8.32. The van der Waals surface area contributed by atoms with E-state index in [1.165, 1.54) is 52.7 Å². The summed E-state index contributed by atoms with van der Waals surface area (Å²) in [4.78, 5) is 12.3. The van der Waals surface area contributed by atoms with Gasteiger partial charge in [-0.05, 0) is 18.6 Å². The fourth-order valence-electron chi connectivity index (χ4n) is 3.05. The Morgan fingerprint density at radius 1 is 0.885 bits per heavy atom. The number of rotatable bonds is 12. The molecule has 0 unspecified atom stereocenters. The van der Waals surface area contributed by atoms with Gasteiger partial charge < -0.3 is 18.6 Å². The average molecular weight is 362 g/mol. The van der Waals surface area contributed by atoms with Crippen LogP contribution >= 0.6 is 0 Å². The van der Waals surface area contributed by atoms with Crippen LogP contribution in [0.3, 0.4) is 0 Å². The van der Waals surface area contributed by atoms with Crippen molar-refractivity contribution in [3.05, 3.63) is 28.6 Å². The van der Waals surface area contributed by atoms with E-state index in [0.717, 1.165) is 12.8 Å². The zero-order valence-corrected chi connectivity index (χ0v) is 16.1. The number of para-hydroxylation sites is 1. The highest BCUT2D eigenvalue weighted by Gasteiger charge is 2.19. The number of unbranched alkanes of at least 4 members (excludes halogenated alkanes) is 7. The highest BCUT2D eigenvalue weighted by atomic mass is 16.5. The van der Waals surface area contributed by atoms with Gasteiger partial charge >= 0.3 is 5.63 Å². The van der Waals surface area contributed by atoms with E-state index in [0.29, 0.717) is 29.1 Å². The van der Waals surface area contributed by atoms with Crippen LogP contribution in [-0.4, -0.2) is 20.8 Å². The lowest BCUT2D eigenvalue weighted by Crippen LogP contribution is -2.10. The first-order valence-corrected chi connectivity index (χ1v) is 9.53. The summed E-state index contributed by atoms with van der Waals surface area (Å²) in [5.41, 5.74) is -0.172. The standard InChI is InChI=1S/C21H30O5/c1-4-5-6-7-8-9-10-11-15-25-20-19(24-3)16-13-12-14-17(23-2)18(16)26-21(20)22/h12-14H,4-11,15H2,1-3H3. The lowest BCUT2D eigenvalue weighted by atomic mass is 10.1. The van der Waals surface area contributed by atoms with Crippen LogP contribution in [0.15, 0.2) is 27.4 Å². The van der Waals surface area contributed by atoms with Gasteiger partial charge in [-0.1, -0.05) is 57.9 Å². The largest absolute Gasteiger partial charge is 0.493 e. The Labute approximate surface area is 155 Å². The molecular formula is C21H30O5. The maximum Gasteiger partial charge on any atom is 0.383 e. The van der Waals surface area contributed by atoms with Crippen LogP contribution < -0.4 is 19.8 Å². The lowest BCUT2D eigenvalue weighted by molar-refractivity contribution is 0.271. The molecule has 5 heteroatoms. The molecule has 0 amide bonds. The van der Waals surface area contributed by atoms with Crippen molar-refractivity contribution in [1.82, 2.24) is 0 Å². The molecule has 26 heavy (non-hydrogen) atoms. The van der Waals surface area contributed by atoms with E-state index in [9.17, 15) is 4.79 Å². The second kappa shape index (κ2) is 10.7. The summed E-state index contributed by atoms with van der Waals surface area (Å²) < 4.78 is 21.8. The van der Waals surface area contributed by atoms with Gasteiger partial charge in [0.2, 0.25) is 5.75 Å². The number of fused-ring (bicyclic) bond motifs is 1. The van der Waals surface area contributed by atoms with Crippen molar-refractivity contribution in [3.8, 4) is 17.2 Å². The minimum absolute atomic E-state index is 0.135. The molecule has 1 aromatic carbocycles. The molecule has 0 saturated carbocycles. The Hall–Kier alpha value is -2.17. The van der Waals surface area contributed by atoms with E-state index in [1.54, 1.807) is 6.07 Å². The van der Waals surface area contributed by atoms with Crippen molar-refractivity contribution in [3.63, 3.8) is 0 Å². The minimum atomic E-state index is -0.543. The van der Waals surface area contributed by atoms with E-state index in [2.05, 4.69) is 6.92 Å². The van der Waals surface area contributed by atoms with Gasteiger partial charge in [0.1, 0.15) is 0 Å². The van der Waals surface area contributed by atoms with Gasteiger partial charge in [-0.25, -0.2) is 4.79 Å². The van der Waals surface area contributed by atoms with Crippen molar-refractivity contribution in [2.45, 2.75) is 58.3 Å². The first-order chi connectivity index (χ1) is 12.7. The maximum absolute atomic E-state index is 12.3. The van der Waals surface area contributed by atoms with Gasteiger partial charge in [-0.2, -0.15) is 0 Å². The molecule has 0 fully saturated rings. The number of methoxy groups -OCH3 is 2. The molecule has 0 aliphatic heterocycles. The molecule has 2 rings (SSSR count). The van der Waals surface area contributed by atoms with Crippen LogP contribution in [0.4, 0.5) is 0 Å². The molecule has 1 aromatic heterocycles. The molecule has 0 radical (unpaired) electrons. The van der Waals surface area contributed by atoms with Crippen LogP contribution in [0.25, 0.3) is 11.0 Å². The third-order valence-corrected chi connectivity index (χ3v) is 4.48. The van der Waals surface area contributed by atoms with Gasteiger partial charge in [0.15, 0.2) is 17.1 Å². The summed E-state index contributed by atoms with van der Waals surface area (Å²) in [5, 5.41) is 0.664. The Bertz CT molecular complexity index is 735. The van der Waals surface area contributed by atoms with E-state index < -0.39 is 5.63 Å². The van der Waals surface area contributed by atoms with Crippen LogP contribution in [0.2, 0.25) is 0 Å².